The Morgan fingerprint density at radius 1 is 1.33 bits per heavy atom. The van der Waals surface area contributed by atoms with Gasteiger partial charge in [-0.3, -0.25) is 9.59 Å². The number of carbonyl (C=O) groups excluding carboxylic acids is 2. The molecule has 1 rings (SSSR count). The highest BCUT2D eigenvalue weighted by Crippen LogP contribution is 2.16. The number of hydrogen-bond acceptors (Lipinski definition) is 2. The van der Waals surface area contributed by atoms with E-state index in [2.05, 4.69) is 5.32 Å². The van der Waals surface area contributed by atoms with Crippen molar-refractivity contribution < 1.29 is 14.0 Å². The second-order valence-electron chi connectivity index (χ2n) is 4.98. The van der Waals surface area contributed by atoms with E-state index in [9.17, 15) is 14.0 Å². The molecule has 0 fully saturated rings. The van der Waals surface area contributed by atoms with Gasteiger partial charge in [0, 0.05) is 11.0 Å². The Labute approximate surface area is 110 Å². The molecule has 18 heavy (non-hydrogen) atoms. The van der Waals surface area contributed by atoms with E-state index < -0.39 is 17.1 Å². The van der Waals surface area contributed by atoms with Crippen LogP contribution in [0.25, 0.3) is 0 Å². The minimum atomic E-state index is -0.661. The zero-order valence-electron chi connectivity index (χ0n) is 10.5. The third-order valence-electron chi connectivity index (χ3n) is 2.43. The minimum absolute atomic E-state index is 0.0442. The molecule has 0 atom stereocenters. The predicted octanol–water partition coefficient (Wildman–Crippen LogP) is 2.82. The van der Waals surface area contributed by atoms with E-state index in [4.69, 9.17) is 11.6 Å². The third kappa shape index (κ3) is 3.81. The van der Waals surface area contributed by atoms with Crippen LogP contribution in [0.5, 0.6) is 0 Å². The summed E-state index contributed by atoms with van der Waals surface area (Å²) < 4.78 is 13.1. The van der Waals surface area contributed by atoms with E-state index in [0.29, 0.717) is 0 Å². The number of carbonyl (C=O) groups is 2. The Morgan fingerprint density at radius 2 is 1.94 bits per heavy atom. The number of benzene rings is 1. The van der Waals surface area contributed by atoms with Gasteiger partial charge in [0.05, 0.1) is 11.6 Å². The van der Waals surface area contributed by atoms with Gasteiger partial charge in [0.2, 0.25) is 0 Å². The van der Waals surface area contributed by atoms with Crippen LogP contribution >= 0.6 is 11.6 Å². The van der Waals surface area contributed by atoms with Gasteiger partial charge in [0.25, 0.3) is 5.91 Å². The molecule has 0 saturated heterocycles. The summed E-state index contributed by atoms with van der Waals surface area (Å²) in [6, 6.07) is 3.75. The van der Waals surface area contributed by atoms with Crippen LogP contribution in [0.2, 0.25) is 5.02 Å². The molecule has 98 valence electrons. The molecular formula is C13H15ClFNO2. The summed E-state index contributed by atoms with van der Waals surface area (Å²) in [7, 11) is 0. The normalized spacial score (nSPS) is 11.2. The highest BCUT2D eigenvalue weighted by Gasteiger charge is 2.21. The lowest BCUT2D eigenvalue weighted by Gasteiger charge is -2.16. The van der Waals surface area contributed by atoms with Gasteiger partial charge < -0.3 is 5.32 Å². The minimum Gasteiger partial charge on any atom is -0.345 e. The molecule has 0 spiro atoms. The molecule has 1 aromatic rings. The van der Waals surface area contributed by atoms with Gasteiger partial charge in [-0.05, 0) is 18.2 Å². The maximum atomic E-state index is 13.1. The van der Waals surface area contributed by atoms with E-state index in [1.165, 1.54) is 12.1 Å². The van der Waals surface area contributed by atoms with Crippen LogP contribution in [0.15, 0.2) is 18.2 Å². The molecule has 0 aliphatic heterocycles. The fourth-order valence-electron chi connectivity index (χ4n) is 1.17. The predicted molar refractivity (Wildman–Crippen MR) is 68.2 cm³/mol. The van der Waals surface area contributed by atoms with Crippen LogP contribution in [-0.2, 0) is 4.79 Å². The van der Waals surface area contributed by atoms with Gasteiger partial charge >= 0.3 is 0 Å². The van der Waals surface area contributed by atoms with Gasteiger partial charge in [-0.25, -0.2) is 4.39 Å². The highest BCUT2D eigenvalue weighted by molar-refractivity contribution is 6.30. The Bertz CT molecular complexity index is 480. The number of nitrogens with one attached hydrogen (secondary N) is 1. The summed E-state index contributed by atoms with van der Waals surface area (Å²) in [6.45, 7) is 5.23. The van der Waals surface area contributed by atoms with Crippen molar-refractivity contribution in [3.05, 3.63) is 34.6 Å². The van der Waals surface area contributed by atoms with Crippen molar-refractivity contribution in [3.8, 4) is 0 Å². The molecule has 0 aromatic heterocycles. The lowest BCUT2D eigenvalue weighted by atomic mass is 9.91. The zero-order chi connectivity index (χ0) is 13.9. The monoisotopic (exact) mass is 271 g/mol. The van der Waals surface area contributed by atoms with Crippen LogP contribution < -0.4 is 5.32 Å². The topological polar surface area (TPSA) is 46.2 Å². The van der Waals surface area contributed by atoms with Gasteiger partial charge in [0.1, 0.15) is 5.82 Å². The molecule has 0 saturated carbocycles. The first kappa shape index (κ1) is 14.6. The van der Waals surface area contributed by atoms with E-state index in [-0.39, 0.29) is 22.9 Å². The average molecular weight is 272 g/mol. The molecule has 0 aliphatic rings. The van der Waals surface area contributed by atoms with Crippen molar-refractivity contribution in [2.45, 2.75) is 20.8 Å². The van der Waals surface area contributed by atoms with Gasteiger partial charge in [-0.15, -0.1) is 0 Å². The smallest absolute Gasteiger partial charge is 0.251 e. The van der Waals surface area contributed by atoms with Crippen LogP contribution in [-0.4, -0.2) is 18.2 Å². The number of amides is 1. The molecule has 0 heterocycles. The van der Waals surface area contributed by atoms with Crippen molar-refractivity contribution in [2.75, 3.05) is 6.54 Å². The number of hydrogen-bond donors (Lipinski definition) is 1. The maximum Gasteiger partial charge on any atom is 0.251 e. The van der Waals surface area contributed by atoms with E-state index in [1.54, 1.807) is 20.8 Å². The molecule has 1 N–H and O–H groups in total. The Hall–Kier alpha value is -1.42. The largest absolute Gasteiger partial charge is 0.345 e. The summed E-state index contributed by atoms with van der Waals surface area (Å²) in [5.74, 6) is -1.25. The van der Waals surface area contributed by atoms with Crippen LogP contribution in [0, 0.1) is 11.2 Å². The lowest BCUT2D eigenvalue weighted by molar-refractivity contribution is -0.125. The zero-order valence-corrected chi connectivity index (χ0v) is 11.3. The summed E-state index contributed by atoms with van der Waals surface area (Å²) >= 11 is 5.51. The van der Waals surface area contributed by atoms with Crippen molar-refractivity contribution in [2.24, 2.45) is 5.41 Å². The van der Waals surface area contributed by atoms with E-state index >= 15 is 0 Å². The molecule has 0 bridgehead atoms. The van der Waals surface area contributed by atoms with Crippen molar-refractivity contribution in [3.63, 3.8) is 0 Å². The molecule has 0 aliphatic carbocycles. The third-order valence-corrected chi connectivity index (χ3v) is 2.73. The number of ketones is 1. The quantitative estimate of drug-likeness (QED) is 0.919. The van der Waals surface area contributed by atoms with E-state index in [1.807, 2.05) is 0 Å². The first-order valence-corrected chi connectivity index (χ1v) is 5.86. The Balaban J connectivity index is 2.66. The number of Topliss-reactive ketones (excluding diaryl/α,β-unsaturated/α-hetero) is 1. The van der Waals surface area contributed by atoms with Gasteiger partial charge in [-0.2, -0.15) is 0 Å². The fourth-order valence-corrected chi connectivity index (χ4v) is 1.28. The van der Waals surface area contributed by atoms with Gasteiger partial charge in [-0.1, -0.05) is 32.4 Å². The van der Waals surface area contributed by atoms with Crippen molar-refractivity contribution >= 4 is 23.3 Å². The molecule has 0 radical (unpaired) electrons. The Kier molecular flexibility index (Phi) is 4.46. The summed E-state index contributed by atoms with van der Waals surface area (Å²) in [4.78, 5) is 23.3. The molecule has 1 aromatic carbocycles. The summed E-state index contributed by atoms with van der Waals surface area (Å²) in [5.41, 5.74) is -0.378. The molecular weight excluding hydrogens is 257 g/mol. The average Bonchev–Trinajstić information content (AvgIpc) is 2.27. The summed E-state index contributed by atoms with van der Waals surface area (Å²) in [6.07, 6.45) is 0. The molecule has 5 heteroatoms. The van der Waals surface area contributed by atoms with Crippen LogP contribution in [0.3, 0.4) is 0 Å². The standard InChI is InChI=1S/C13H15ClFNO2/c1-13(2,3)11(17)7-16-12(18)8-4-5-9(14)10(15)6-8/h4-6H,7H2,1-3H3,(H,16,18). The van der Waals surface area contributed by atoms with E-state index in [0.717, 1.165) is 6.07 Å². The maximum absolute atomic E-state index is 13.1. The number of halogens is 2. The SMILES string of the molecule is CC(C)(C)C(=O)CNC(=O)c1ccc(Cl)c(F)c1. The second kappa shape index (κ2) is 5.48. The first-order chi connectivity index (χ1) is 8.21. The molecule has 3 nitrogen and oxygen atoms in total. The molecule has 0 unspecified atom stereocenters. The lowest BCUT2D eigenvalue weighted by Crippen LogP contribution is -2.35. The van der Waals surface area contributed by atoms with Crippen molar-refractivity contribution in [1.82, 2.24) is 5.32 Å². The molecule has 1 amide bonds. The highest BCUT2D eigenvalue weighted by atomic mass is 35.5. The van der Waals surface area contributed by atoms with Crippen LogP contribution in [0.4, 0.5) is 4.39 Å². The van der Waals surface area contributed by atoms with Crippen molar-refractivity contribution in [1.29, 1.82) is 0 Å². The second-order valence-corrected chi connectivity index (χ2v) is 5.39. The van der Waals surface area contributed by atoms with Gasteiger partial charge in [0.15, 0.2) is 5.78 Å². The Morgan fingerprint density at radius 3 is 2.44 bits per heavy atom. The van der Waals surface area contributed by atoms with Crippen LogP contribution in [0.1, 0.15) is 31.1 Å². The fraction of sp³-hybridized carbons (Fsp3) is 0.385. The summed E-state index contributed by atoms with van der Waals surface area (Å²) in [5, 5.41) is 2.41. The first-order valence-electron chi connectivity index (χ1n) is 5.48. The number of rotatable bonds is 3.